The van der Waals surface area contributed by atoms with Crippen molar-refractivity contribution in [3.63, 3.8) is 0 Å². The molecule has 0 saturated carbocycles. The van der Waals surface area contributed by atoms with Crippen LogP contribution in [-0.4, -0.2) is 30.8 Å². The lowest BCUT2D eigenvalue weighted by Gasteiger charge is -2.09. The summed E-state index contributed by atoms with van der Waals surface area (Å²) in [5.41, 5.74) is 0. The third kappa shape index (κ3) is 6.25. The number of hydrogen-bond acceptors (Lipinski definition) is 5. The minimum Gasteiger partial charge on any atom is -0.492 e. The number of ether oxygens (including phenoxy) is 3. The topological polar surface area (TPSA) is 69.7 Å². The number of benzene rings is 1. The summed E-state index contributed by atoms with van der Waals surface area (Å²) < 4.78 is 16.0. The number of aromatic nitrogens is 1. The molecule has 1 N–H and O–H groups in total. The van der Waals surface area contributed by atoms with Crippen molar-refractivity contribution in [2.75, 3.05) is 19.8 Å². The molecule has 0 fully saturated rings. The molecule has 0 atom stereocenters. The van der Waals surface area contributed by atoms with Gasteiger partial charge in [-0.15, -0.1) is 0 Å². The van der Waals surface area contributed by atoms with Gasteiger partial charge in [-0.25, -0.2) is 9.78 Å². The second-order valence-electron chi connectivity index (χ2n) is 4.65. The van der Waals surface area contributed by atoms with E-state index in [1.54, 1.807) is 36.5 Å². The normalized spacial score (nSPS) is 9.96. The van der Waals surface area contributed by atoms with E-state index in [9.17, 15) is 4.79 Å². The Balaban J connectivity index is 1.70. The molecule has 0 saturated heterocycles. The predicted molar refractivity (Wildman–Crippen MR) is 85.9 cm³/mol. The van der Waals surface area contributed by atoms with Gasteiger partial charge in [-0.05, 0) is 36.8 Å². The van der Waals surface area contributed by atoms with Crippen LogP contribution >= 0.6 is 0 Å². The van der Waals surface area contributed by atoms with E-state index in [1.165, 1.54) is 0 Å². The lowest BCUT2D eigenvalue weighted by Crippen LogP contribution is -2.28. The van der Waals surface area contributed by atoms with Crippen LogP contribution in [0.5, 0.6) is 17.4 Å². The fourth-order valence-electron chi connectivity index (χ4n) is 1.70. The molecule has 6 nitrogen and oxygen atoms in total. The number of carbonyl (C=O) groups excluding carboxylic acids is 1. The Kier molecular flexibility index (Phi) is 6.71. The highest BCUT2D eigenvalue weighted by atomic mass is 16.5. The van der Waals surface area contributed by atoms with Gasteiger partial charge in [0.2, 0.25) is 5.88 Å². The SMILES string of the molecule is CCCOC(=O)NCCOc1ccc(Oc2ccccn2)cc1. The number of nitrogens with zero attached hydrogens (tertiary/aromatic N) is 1. The zero-order valence-corrected chi connectivity index (χ0v) is 13.0. The summed E-state index contributed by atoms with van der Waals surface area (Å²) in [4.78, 5) is 15.3. The lowest BCUT2D eigenvalue weighted by molar-refractivity contribution is 0.144. The Labute approximate surface area is 135 Å². The smallest absolute Gasteiger partial charge is 0.407 e. The molecule has 1 heterocycles. The van der Waals surface area contributed by atoms with Gasteiger partial charge in [0.15, 0.2) is 0 Å². The summed E-state index contributed by atoms with van der Waals surface area (Å²) in [5, 5.41) is 2.61. The maximum Gasteiger partial charge on any atom is 0.407 e. The number of alkyl carbamates (subject to hydrolysis) is 1. The molecule has 1 aromatic heterocycles. The maximum atomic E-state index is 11.2. The Bertz CT molecular complexity index is 587. The van der Waals surface area contributed by atoms with Crippen LogP contribution in [0.1, 0.15) is 13.3 Å². The van der Waals surface area contributed by atoms with Crippen LogP contribution in [0.3, 0.4) is 0 Å². The van der Waals surface area contributed by atoms with Gasteiger partial charge in [-0.3, -0.25) is 0 Å². The van der Waals surface area contributed by atoms with E-state index in [0.717, 1.165) is 6.42 Å². The number of pyridine rings is 1. The van der Waals surface area contributed by atoms with Crippen LogP contribution in [0.2, 0.25) is 0 Å². The number of nitrogens with one attached hydrogen (secondary N) is 1. The van der Waals surface area contributed by atoms with Crippen LogP contribution in [0, 0.1) is 0 Å². The second-order valence-corrected chi connectivity index (χ2v) is 4.65. The van der Waals surface area contributed by atoms with E-state index in [2.05, 4.69) is 10.3 Å². The van der Waals surface area contributed by atoms with Crippen LogP contribution in [-0.2, 0) is 4.74 Å². The van der Waals surface area contributed by atoms with Crippen LogP contribution < -0.4 is 14.8 Å². The highest BCUT2D eigenvalue weighted by molar-refractivity contribution is 5.66. The van der Waals surface area contributed by atoms with Gasteiger partial charge in [0.25, 0.3) is 0 Å². The highest BCUT2D eigenvalue weighted by Crippen LogP contribution is 2.21. The molecule has 0 aliphatic rings. The van der Waals surface area contributed by atoms with Crippen molar-refractivity contribution in [2.24, 2.45) is 0 Å². The summed E-state index contributed by atoms with van der Waals surface area (Å²) in [7, 11) is 0. The third-order valence-corrected chi connectivity index (χ3v) is 2.76. The number of rotatable bonds is 8. The number of carbonyl (C=O) groups is 1. The molecule has 122 valence electrons. The molecule has 1 amide bonds. The molecule has 1 aromatic carbocycles. The molecule has 2 rings (SSSR count). The molecule has 0 radical (unpaired) electrons. The molecule has 0 aliphatic carbocycles. The molecule has 6 heteroatoms. The first-order valence-electron chi connectivity index (χ1n) is 7.50. The fraction of sp³-hybridized carbons (Fsp3) is 0.294. The molecule has 0 spiro atoms. The molecule has 0 bridgehead atoms. The van der Waals surface area contributed by atoms with Gasteiger partial charge in [-0.1, -0.05) is 13.0 Å². The van der Waals surface area contributed by atoms with Crippen molar-refractivity contribution in [1.82, 2.24) is 10.3 Å². The molecule has 0 unspecified atom stereocenters. The van der Waals surface area contributed by atoms with Crippen molar-refractivity contribution in [1.29, 1.82) is 0 Å². The van der Waals surface area contributed by atoms with Crippen molar-refractivity contribution in [3.05, 3.63) is 48.7 Å². The van der Waals surface area contributed by atoms with Crippen molar-refractivity contribution >= 4 is 6.09 Å². The van der Waals surface area contributed by atoms with Crippen molar-refractivity contribution < 1.29 is 19.0 Å². The van der Waals surface area contributed by atoms with Gasteiger partial charge >= 0.3 is 6.09 Å². The van der Waals surface area contributed by atoms with Crippen molar-refractivity contribution in [3.8, 4) is 17.4 Å². The maximum absolute atomic E-state index is 11.2. The Morgan fingerprint density at radius 1 is 1.09 bits per heavy atom. The summed E-state index contributed by atoms with van der Waals surface area (Å²) >= 11 is 0. The molecule has 2 aromatic rings. The standard InChI is InChI=1S/C17H20N2O4/c1-2-12-22-17(20)19-11-13-21-14-6-8-15(9-7-14)23-16-5-3-4-10-18-16/h3-10H,2,11-13H2,1H3,(H,19,20). The van der Waals surface area contributed by atoms with E-state index in [4.69, 9.17) is 14.2 Å². The van der Waals surface area contributed by atoms with Gasteiger partial charge in [0, 0.05) is 12.3 Å². The van der Waals surface area contributed by atoms with Gasteiger partial charge in [0.05, 0.1) is 13.2 Å². The highest BCUT2D eigenvalue weighted by Gasteiger charge is 2.01. The molecular weight excluding hydrogens is 296 g/mol. The first kappa shape index (κ1) is 16.6. The van der Waals surface area contributed by atoms with Crippen LogP contribution in [0.25, 0.3) is 0 Å². The average Bonchev–Trinajstić information content (AvgIpc) is 2.59. The summed E-state index contributed by atoms with van der Waals surface area (Å²) in [5.74, 6) is 1.91. The van der Waals surface area contributed by atoms with E-state index >= 15 is 0 Å². The minimum atomic E-state index is -0.422. The third-order valence-electron chi connectivity index (χ3n) is 2.76. The predicted octanol–water partition coefficient (Wildman–Crippen LogP) is 3.39. The summed E-state index contributed by atoms with van der Waals surface area (Å²) in [6, 6.07) is 12.7. The Morgan fingerprint density at radius 2 is 1.87 bits per heavy atom. The summed E-state index contributed by atoms with van der Waals surface area (Å²) in [6.07, 6.45) is 2.05. The van der Waals surface area contributed by atoms with Gasteiger partial charge in [-0.2, -0.15) is 0 Å². The zero-order valence-electron chi connectivity index (χ0n) is 13.0. The van der Waals surface area contributed by atoms with Crippen LogP contribution in [0.15, 0.2) is 48.7 Å². The second kappa shape index (κ2) is 9.30. The first-order valence-corrected chi connectivity index (χ1v) is 7.50. The van der Waals surface area contributed by atoms with E-state index in [0.29, 0.717) is 37.1 Å². The monoisotopic (exact) mass is 316 g/mol. The van der Waals surface area contributed by atoms with Gasteiger partial charge < -0.3 is 19.5 Å². The molecule has 23 heavy (non-hydrogen) atoms. The van der Waals surface area contributed by atoms with E-state index < -0.39 is 6.09 Å². The first-order chi connectivity index (χ1) is 11.3. The van der Waals surface area contributed by atoms with E-state index in [1.807, 2.05) is 19.1 Å². The van der Waals surface area contributed by atoms with E-state index in [-0.39, 0.29) is 0 Å². The largest absolute Gasteiger partial charge is 0.492 e. The number of amides is 1. The van der Waals surface area contributed by atoms with Crippen molar-refractivity contribution in [2.45, 2.75) is 13.3 Å². The lowest BCUT2D eigenvalue weighted by atomic mass is 10.3. The summed E-state index contributed by atoms with van der Waals surface area (Å²) in [6.45, 7) is 3.11. The minimum absolute atomic E-state index is 0.363. The average molecular weight is 316 g/mol. The fourth-order valence-corrected chi connectivity index (χ4v) is 1.70. The number of hydrogen-bond donors (Lipinski definition) is 1. The zero-order chi connectivity index (χ0) is 16.3. The van der Waals surface area contributed by atoms with Crippen LogP contribution in [0.4, 0.5) is 4.79 Å². The quantitative estimate of drug-likeness (QED) is 0.756. The van der Waals surface area contributed by atoms with Gasteiger partial charge in [0.1, 0.15) is 18.1 Å². The Hall–Kier alpha value is -2.76. The molecular formula is C17H20N2O4. The molecule has 0 aliphatic heterocycles. The Morgan fingerprint density at radius 3 is 2.57 bits per heavy atom.